The number of nitrogens with one attached hydrogen (secondary N) is 2. The molecule has 0 saturated carbocycles. The van der Waals surface area contributed by atoms with E-state index in [0.29, 0.717) is 51.8 Å². The minimum Gasteiger partial charge on any atom is -0.370 e. The number of aryl methyl sites for hydroxylation is 2. The molecule has 4 fully saturated rings. The number of urea groups is 1. The van der Waals surface area contributed by atoms with Crippen LogP contribution < -0.4 is 20.4 Å². The largest absolute Gasteiger partial charge is 0.370 e. The highest BCUT2D eigenvalue weighted by Crippen LogP contribution is 2.45. The summed E-state index contributed by atoms with van der Waals surface area (Å²) in [6.07, 6.45) is 6.90. The zero-order valence-corrected chi connectivity index (χ0v) is 40.3. The zero-order valence-electron chi connectivity index (χ0n) is 39.5. The molecule has 3 aromatic heterocycles. The summed E-state index contributed by atoms with van der Waals surface area (Å²) >= 11 is 1.27. The third-order valence-corrected chi connectivity index (χ3v) is 16.4. The van der Waals surface area contributed by atoms with Crippen LogP contribution in [-0.2, 0) is 40.9 Å². The number of imidazole rings is 1. The van der Waals surface area contributed by atoms with Crippen molar-refractivity contribution in [2.45, 2.75) is 69.5 Å². The average Bonchev–Trinajstić information content (AvgIpc) is 4.21. The number of thiazole rings is 1. The van der Waals surface area contributed by atoms with Gasteiger partial charge in [-0.25, -0.2) is 27.9 Å². The van der Waals surface area contributed by atoms with Gasteiger partial charge in [-0.1, -0.05) is 18.2 Å². The number of aromatic nitrogens is 5. The van der Waals surface area contributed by atoms with Gasteiger partial charge < -0.3 is 19.3 Å². The summed E-state index contributed by atoms with van der Waals surface area (Å²) in [6.45, 7) is 3.56. The van der Waals surface area contributed by atoms with Gasteiger partial charge in [-0.2, -0.15) is 5.10 Å². The average molecular weight is 1000 g/mol. The molecular weight excluding hydrogens is 950 g/mol. The number of carbonyl (C=O) groups is 5. The minimum atomic E-state index is -3.16. The molecule has 21 heteroatoms. The quantitative estimate of drug-likeness (QED) is 0.158. The van der Waals surface area contributed by atoms with Gasteiger partial charge in [0.1, 0.15) is 5.82 Å². The van der Waals surface area contributed by atoms with Gasteiger partial charge in [0.2, 0.25) is 11.8 Å². The Hall–Kier alpha value is -7.13. The number of alkyl halides is 2. The SMILES string of the molecule is Cn1nc(N2CCC(=O)NC2=O)c2ccc([C@@H]3CCN(C(=O)CN4CCC5(CC4)CN(c4ccc(-c6cc(F)c7c(c6)C(=O)N(C(C(=O)Nc6nccs6)c6ncn8c6CCC8)C7)cc4)C5)CC3(F)F)cc21. The first-order valence-corrected chi connectivity index (χ1v) is 25.3. The van der Waals surface area contributed by atoms with Crippen molar-refractivity contribution in [1.29, 1.82) is 0 Å². The van der Waals surface area contributed by atoms with Gasteiger partial charge in [-0.3, -0.25) is 44.3 Å². The molecule has 9 heterocycles. The Morgan fingerprint density at radius 2 is 1.74 bits per heavy atom. The lowest BCUT2D eigenvalue weighted by Gasteiger charge is -2.55. The van der Waals surface area contributed by atoms with E-state index in [1.165, 1.54) is 32.1 Å². The van der Waals surface area contributed by atoms with E-state index in [2.05, 4.69) is 35.5 Å². The van der Waals surface area contributed by atoms with Crippen LogP contribution in [0.25, 0.3) is 22.0 Å². The lowest BCUT2D eigenvalue weighted by Crippen LogP contribution is -2.61. The number of hydrogen-bond donors (Lipinski definition) is 2. The first kappa shape index (κ1) is 46.0. The van der Waals surface area contributed by atoms with Crippen molar-refractivity contribution >= 4 is 68.5 Å². The maximum atomic E-state index is 16.0. The van der Waals surface area contributed by atoms with Crippen LogP contribution in [0.4, 0.5) is 34.6 Å². The van der Waals surface area contributed by atoms with Gasteiger partial charge in [-0.05, 0) is 98.3 Å². The van der Waals surface area contributed by atoms with Gasteiger partial charge in [0, 0.05) is 91.1 Å². The number of rotatable bonds is 10. The first-order chi connectivity index (χ1) is 34.7. The molecule has 372 valence electrons. The van der Waals surface area contributed by atoms with Crippen LogP contribution in [0.5, 0.6) is 0 Å². The number of hydrogen-bond acceptors (Lipinski definition) is 11. The Bertz CT molecular complexity index is 3180. The van der Waals surface area contributed by atoms with E-state index in [1.807, 2.05) is 28.8 Å². The van der Waals surface area contributed by atoms with Crippen LogP contribution in [0.2, 0.25) is 0 Å². The van der Waals surface area contributed by atoms with Crippen molar-refractivity contribution in [2.75, 3.05) is 67.5 Å². The number of imide groups is 1. The Morgan fingerprint density at radius 3 is 2.49 bits per heavy atom. The third-order valence-electron chi connectivity index (χ3n) is 15.7. The molecule has 2 atom stereocenters. The lowest BCUT2D eigenvalue weighted by molar-refractivity contribution is -0.146. The van der Waals surface area contributed by atoms with Crippen molar-refractivity contribution in [3.63, 3.8) is 0 Å². The van der Waals surface area contributed by atoms with E-state index < -0.39 is 48.1 Å². The highest BCUT2D eigenvalue weighted by molar-refractivity contribution is 7.13. The van der Waals surface area contributed by atoms with E-state index >= 15 is 13.2 Å². The van der Waals surface area contributed by atoms with Gasteiger partial charge >= 0.3 is 6.03 Å². The molecule has 1 spiro atoms. The standard InChI is InChI=1S/C51H51F3N12O5S/c1-60-40-23-31(6-9-34(40)45(59-60)65-17-11-41(67)57-49(65)71)37-10-16-62(28-51(37,53)54)42(68)25-61-18-12-50(13-19-61)26-64(27-50)33-7-4-30(5-8-33)32-21-35-36(38(52)22-32)24-66(47(35)70)44(46(69)58-48-55-14-20-72-48)43-39-3-2-15-63(39)29-56-43/h4-9,14,20-23,29,37,44H,2-3,10-13,15-19,24-28H2,1H3,(H,55,58,69)(H,57,67,71)/t37-,44?/m0/s1. The van der Waals surface area contributed by atoms with Crippen LogP contribution in [0.1, 0.15) is 76.9 Å². The summed E-state index contributed by atoms with van der Waals surface area (Å²) < 4.78 is 51.5. The second kappa shape index (κ2) is 17.6. The van der Waals surface area contributed by atoms with Gasteiger partial charge in [0.05, 0.1) is 43.1 Å². The molecule has 17 nitrogen and oxygen atoms in total. The zero-order chi connectivity index (χ0) is 49.6. The summed E-state index contributed by atoms with van der Waals surface area (Å²) in [5.74, 6) is -5.97. The van der Waals surface area contributed by atoms with Gasteiger partial charge in [0.15, 0.2) is 17.0 Å². The highest BCUT2D eigenvalue weighted by Gasteiger charge is 2.49. The Balaban J connectivity index is 0.644. The molecule has 1 unspecified atom stereocenters. The fourth-order valence-corrected chi connectivity index (χ4v) is 12.3. The summed E-state index contributed by atoms with van der Waals surface area (Å²) in [6, 6.07) is 14.4. The number of fused-ring (bicyclic) bond motifs is 3. The molecule has 6 aliphatic heterocycles. The van der Waals surface area contributed by atoms with Crippen molar-refractivity contribution in [1.82, 2.24) is 44.3 Å². The Morgan fingerprint density at radius 1 is 0.931 bits per heavy atom. The number of nitrogens with zero attached hydrogens (tertiary/aromatic N) is 10. The predicted molar refractivity (Wildman–Crippen MR) is 261 cm³/mol. The maximum Gasteiger partial charge on any atom is 0.329 e. The third kappa shape index (κ3) is 8.05. The van der Waals surface area contributed by atoms with Crippen LogP contribution in [0, 0.1) is 11.2 Å². The van der Waals surface area contributed by atoms with E-state index in [1.54, 1.807) is 53.9 Å². The second-order valence-electron chi connectivity index (χ2n) is 20.1. The normalized spacial score (nSPS) is 21.0. The molecule has 0 aliphatic carbocycles. The Kier molecular flexibility index (Phi) is 11.2. The fraction of sp³-hybridized carbons (Fsp3) is 0.412. The minimum absolute atomic E-state index is 0.0738. The molecule has 72 heavy (non-hydrogen) atoms. The number of halogens is 3. The lowest BCUT2D eigenvalue weighted by atomic mass is 9.71. The number of anilines is 3. The van der Waals surface area contributed by atoms with E-state index in [4.69, 9.17) is 0 Å². The first-order valence-electron chi connectivity index (χ1n) is 24.4. The number of benzene rings is 3. The van der Waals surface area contributed by atoms with Crippen molar-refractivity contribution in [3.05, 3.63) is 106 Å². The molecule has 2 N–H and O–H groups in total. The number of amides is 6. The number of likely N-dealkylation sites (tertiary alicyclic amines) is 2. The Labute approximate surface area is 415 Å². The van der Waals surface area contributed by atoms with Crippen LogP contribution in [0.3, 0.4) is 0 Å². The van der Waals surface area contributed by atoms with Crippen molar-refractivity contribution in [3.8, 4) is 11.1 Å². The number of piperidine rings is 2. The van der Waals surface area contributed by atoms with Crippen molar-refractivity contribution < 1.29 is 37.1 Å². The second-order valence-corrected chi connectivity index (χ2v) is 21.0. The van der Waals surface area contributed by atoms with Crippen molar-refractivity contribution in [2.24, 2.45) is 12.5 Å². The molecular formula is C51H51F3N12O5S. The summed E-state index contributed by atoms with van der Waals surface area (Å²) in [7, 11) is 1.69. The topological polar surface area (TPSA) is 174 Å². The van der Waals surface area contributed by atoms with Crippen LogP contribution >= 0.6 is 11.3 Å². The molecule has 6 aromatic rings. The highest BCUT2D eigenvalue weighted by atomic mass is 32.1. The number of carbonyl (C=O) groups excluding carboxylic acids is 5. The molecule has 4 saturated heterocycles. The van der Waals surface area contributed by atoms with Gasteiger partial charge in [0.25, 0.3) is 17.7 Å². The van der Waals surface area contributed by atoms with E-state index in [9.17, 15) is 24.0 Å². The molecule has 3 aromatic carbocycles. The molecule has 0 radical (unpaired) electrons. The van der Waals surface area contributed by atoms with E-state index in [-0.39, 0.29) is 67.4 Å². The molecule has 6 amide bonds. The monoisotopic (exact) mass is 1000 g/mol. The molecule has 6 aliphatic rings. The maximum absolute atomic E-state index is 16.0. The van der Waals surface area contributed by atoms with Crippen LogP contribution in [-0.4, -0.2) is 127 Å². The fourth-order valence-electron chi connectivity index (χ4n) is 11.8. The van der Waals surface area contributed by atoms with Gasteiger partial charge in [-0.15, -0.1) is 11.3 Å². The molecule has 0 bridgehead atoms. The predicted octanol–water partition coefficient (Wildman–Crippen LogP) is 6.31. The van der Waals surface area contributed by atoms with E-state index in [0.717, 1.165) is 62.3 Å². The molecule has 12 rings (SSSR count). The smallest absolute Gasteiger partial charge is 0.329 e. The summed E-state index contributed by atoms with van der Waals surface area (Å²) in [5.41, 5.74) is 5.29. The summed E-state index contributed by atoms with van der Waals surface area (Å²) in [4.78, 5) is 83.0. The summed E-state index contributed by atoms with van der Waals surface area (Å²) in [5, 5.41) is 12.4. The van der Waals surface area contributed by atoms with Crippen LogP contribution in [0.15, 0.2) is 72.5 Å².